The highest BCUT2D eigenvalue weighted by molar-refractivity contribution is 7.99. The molecule has 100 valence electrons. The Kier molecular flexibility index (Phi) is 4.23. The molecule has 2 rings (SSSR count). The average Bonchev–Trinajstić information content (AvgIpc) is 2.58. The van der Waals surface area contributed by atoms with Gasteiger partial charge in [0.15, 0.2) is 0 Å². The summed E-state index contributed by atoms with van der Waals surface area (Å²) in [6.07, 6.45) is 0.433. The monoisotopic (exact) mass is 271 g/mol. The van der Waals surface area contributed by atoms with Crippen molar-refractivity contribution in [3.8, 4) is 0 Å². The van der Waals surface area contributed by atoms with Gasteiger partial charge in [0.1, 0.15) is 6.04 Å². The minimum Gasteiger partial charge on any atom is -0.344 e. The zero-order valence-electron chi connectivity index (χ0n) is 10.3. The summed E-state index contributed by atoms with van der Waals surface area (Å²) in [5.41, 5.74) is 0. The predicted octanol–water partition coefficient (Wildman–Crippen LogP) is -1.04. The van der Waals surface area contributed by atoms with Crippen molar-refractivity contribution in [1.82, 2.24) is 15.5 Å². The van der Waals surface area contributed by atoms with Crippen molar-refractivity contribution in [3.05, 3.63) is 0 Å². The van der Waals surface area contributed by atoms with E-state index >= 15 is 0 Å². The highest BCUT2D eigenvalue weighted by Crippen LogP contribution is 2.13. The fourth-order valence-corrected chi connectivity index (χ4v) is 3.05. The number of nitrogens with zero attached hydrogens (tertiary/aromatic N) is 1. The number of carbonyl (C=O) groups is 3. The molecule has 2 aliphatic rings. The van der Waals surface area contributed by atoms with E-state index < -0.39 is 6.04 Å². The molecule has 7 heteroatoms. The number of carbonyl (C=O) groups excluding carboxylic acids is 3. The van der Waals surface area contributed by atoms with Crippen molar-refractivity contribution >= 4 is 29.5 Å². The van der Waals surface area contributed by atoms with E-state index in [4.69, 9.17) is 0 Å². The highest BCUT2D eigenvalue weighted by Gasteiger charge is 2.37. The Labute approximate surface area is 110 Å². The number of likely N-dealkylation sites (tertiary alicyclic amines) is 1. The molecule has 0 bridgehead atoms. The fourth-order valence-electron chi connectivity index (χ4n) is 2.10. The molecule has 2 heterocycles. The lowest BCUT2D eigenvalue weighted by Crippen LogP contribution is -2.45. The lowest BCUT2D eigenvalue weighted by Gasteiger charge is -2.23. The van der Waals surface area contributed by atoms with E-state index in [1.165, 1.54) is 7.05 Å². The Bertz CT molecular complexity index is 369. The summed E-state index contributed by atoms with van der Waals surface area (Å²) in [5, 5.41) is 5.90. The van der Waals surface area contributed by atoms with Crippen LogP contribution in [-0.4, -0.2) is 59.8 Å². The zero-order chi connectivity index (χ0) is 13.1. The lowest BCUT2D eigenvalue weighted by molar-refractivity contribution is -0.138. The molecule has 2 unspecified atom stereocenters. The molecule has 0 aromatic heterocycles. The van der Waals surface area contributed by atoms with Crippen LogP contribution in [0.1, 0.15) is 12.8 Å². The Hall–Kier alpha value is -1.08. The van der Waals surface area contributed by atoms with Gasteiger partial charge in [-0.05, 0) is 0 Å². The molecular formula is C11H17N3O3S. The van der Waals surface area contributed by atoms with Crippen molar-refractivity contribution in [2.45, 2.75) is 24.9 Å². The smallest absolute Gasteiger partial charge is 0.252 e. The molecule has 3 amide bonds. The first-order chi connectivity index (χ1) is 8.58. The second kappa shape index (κ2) is 5.71. The second-order valence-corrected chi connectivity index (χ2v) is 5.70. The fraction of sp³-hybridized carbons (Fsp3) is 0.727. The van der Waals surface area contributed by atoms with Gasteiger partial charge < -0.3 is 10.6 Å². The molecule has 2 saturated heterocycles. The van der Waals surface area contributed by atoms with Gasteiger partial charge in [0.05, 0.1) is 6.42 Å². The van der Waals surface area contributed by atoms with Gasteiger partial charge in [-0.2, -0.15) is 11.8 Å². The van der Waals surface area contributed by atoms with Crippen LogP contribution in [0.25, 0.3) is 0 Å². The van der Waals surface area contributed by atoms with E-state index in [1.807, 2.05) is 11.8 Å². The maximum atomic E-state index is 11.8. The van der Waals surface area contributed by atoms with E-state index in [2.05, 4.69) is 10.6 Å². The third-order valence-electron chi connectivity index (χ3n) is 3.15. The van der Waals surface area contributed by atoms with Crippen LogP contribution in [0.2, 0.25) is 0 Å². The maximum Gasteiger partial charge on any atom is 0.252 e. The lowest BCUT2D eigenvalue weighted by atomic mass is 10.2. The number of amides is 3. The second-order valence-electron chi connectivity index (χ2n) is 4.55. The van der Waals surface area contributed by atoms with E-state index in [-0.39, 0.29) is 30.2 Å². The summed E-state index contributed by atoms with van der Waals surface area (Å²) >= 11 is 1.82. The Morgan fingerprint density at radius 1 is 1.56 bits per heavy atom. The van der Waals surface area contributed by atoms with Gasteiger partial charge in [0.25, 0.3) is 5.91 Å². The van der Waals surface area contributed by atoms with Crippen LogP contribution in [0, 0.1) is 0 Å². The van der Waals surface area contributed by atoms with Crippen LogP contribution < -0.4 is 10.6 Å². The molecule has 0 aliphatic carbocycles. The molecule has 0 saturated carbocycles. The minimum atomic E-state index is -0.675. The Balaban J connectivity index is 1.80. The number of thioether (sulfide) groups is 1. The van der Waals surface area contributed by atoms with E-state index in [9.17, 15) is 14.4 Å². The number of imide groups is 1. The Morgan fingerprint density at radius 3 is 2.89 bits per heavy atom. The van der Waals surface area contributed by atoms with Gasteiger partial charge in [-0.15, -0.1) is 0 Å². The predicted molar refractivity (Wildman–Crippen MR) is 68.1 cm³/mol. The van der Waals surface area contributed by atoms with Crippen LogP contribution >= 0.6 is 11.8 Å². The van der Waals surface area contributed by atoms with Crippen molar-refractivity contribution in [1.29, 1.82) is 0 Å². The third-order valence-corrected chi connectivity index (χ3v) is 4.28. The van der Waals surface area contributed by atoms with Gasteiger partial charge >= 0.3 is 0 Å². The first-order valence-electron chi connectivity index (χ1n) is 5.99. The number of hydrogen-bond acceptors (Lipinski definition) is 5. The van der Waals surface area contributed by atoms with Crippen molar-refractivity contribution in [3.63, 3.8) is 0 Å². The number of likely N-dealkylation sites (N-methyl/N-ethyl adjacent to an activating group) is 1. The van der Waals surface area contributed by atoms with Gasteiger partial charge in [0.2, 0.25) is 11.8 Å². The zero-order valence-corrected chi connectivity index (χ0v) is 11.1. The van der Waals surface area contributed by atoms with Crippen LogP contribution in [0.5, 0.6) is 0 Å². The minimum absolute atomic E-state index is 0.0773. The van der Waals surface area contributed by atoms with Gasteiger partial charge in [-0.3, -0.25) is 19.3 Å². The molecule has 0 spiro atoms. The molecule has 2 aliphatic heterocycles. The number of rotatable bonds is 3. The molecule has 0 aromatic carbocycles. The first-order valence-corrected chi connectivity index (χ1v) is 7.14. The molecule has 0 radical (unpaired) electrons. The average molecular weight is 271 g/mol. The van der Waals surface area contributed by atoms with Crippen LogP contribution in [0.15, 0.2) is 0 Å². The molecule has 2 fully saturated rings. The summed E-state index contributed by atoms with van der Waals surface area (Å²) in [7, 11) is 1.44. The molecule has 2 N–H and O–H groups in total. The normalized spacial score (nSPS) is 28.6. The van der Waals surface area contributed by atoms with E-state index in [1.54, 1.807) is 0 Å². The first kappa shape index (κ1) is 13.4. The largest absolute Gasteiger partial charge is 0.344 e. The number of nitrogens with one attached hydrogen (secondary N) is 2. The van der Waals surface area contributed by atoms with Crippen LogP contribution in [0.3, 0.4) is 0 Å². The van der Waals surface area contributed by atoms with E-state index in [0.29, 0.717) is 6.42 Å². The molecule has 18 heavy (non-hydrogen) atoms. The molecule has 2 atom stereocenters. The van der Waals surface area contributed by atoms with Crippen molar-refractivity contribution in [2.75, 3.05) is 25.1 Å². The highest BCUT2D eigenvalue weighted by atomic mass is 32.2. The molecule has 0 aromatic rings. The summed E-state index contributed by atoms with van der Waals surface area (Å²) < 4.78 is 0. The van der Waals surface area contributed by atoms with Gasteiger partial charge in [-0.1, -0.05) is 0 Å². The summed E-state index contributed by atoms with van der Waals surface area (Å²) in [6, 6.07) is -0.514. The molecule has 6 nitrogen and oxygen atoms in total. The van der Waals surface area contributed by atoms with E-state index in [0.717, 1.165) is 23.0 Å². The third kappa shape index (κ3) is 3.02. The number of hydrogen-bond donors (Lipinski definition) is 2. The van der Waals surface area contributed by atoms with Crippen LogP contribution in [-0.2, 0) is 14.4 Å². The quantitative estimate of drug-likeness (QED) is 0.641. The van der Waals surface area contributed by atoms with Crippen molar-refractivity contribution < 1.29 is 14.4 Å². The Morgan fingerprint density at radius 2 is 2.33 bits per heavy atom. The molecular weight excluding hydrogens is 254 g/mol. The SMILES string of the molecule is CN1C(=O)CC(NC(=O)CC2CSCCN2)C1=O. The van der Waals surface area contributed by atoms with Crippen molar-refractivity contribution in [2.24, 2.45) is 0 Å². The standard InChI is InChI=1S/C11H17N3O3S/c1-14-10(16)5-8(11(14)17)13-9(15)4-7-6-18-3-2-12-7/h7-8,12H,2-6H2,1H3,(H,13,15). The van der Waals surface area contributed by atoms with Gasteiger partial charge in [-0.25, -0.2) is 0 Å². The summed E-state index contributed by atoms with van der Waals surface area (Å²) in [6.45, 7) is 0.909. The maximum absolute atomic E-state index is 11.8. The summed E-state index contributed by atoms with van der Waals surface area (Å²) in [4.78, 5) is 35.8. The topological polar surface area (TPSA) is 78.5 Å². The van der Waals surface area contributed by atoms with Gasteiger partial charge in [0, 0.05) is 37.6 Å². The van der Waals surface area contributed by atoms with Crippen LogP contribution in [0.4, 0.5) is 0 Å². The summed E-state index contributed by atoms with van der Waals surface area (Å²) in [5.74, 6) is 1.25.